The fourth-order valence-corrected chi connectivity index (χ4v) is 5.87. The summed E-state index contributed by atoms with van der Waals surface area (Å²) in [6, 6.07) is 3.58. The molecule has 5 rings (SSSR count). The first-order chi connectivity index (χ1) is 20.7. The van der Waals surface area contributed by atoms with Crippen molar-refractivity contribution in [3.8, 4) is 24.2 Å². The van der Waals surface area contributed by atoms with Crippen LogP contribution in [0.5, 0.6) is 0 Å². The first-order valence-corrected chi connectivity index (χ1v) is 14.7. The molecule has 0 aromatic carbocycles. The predicted molar refractivity (Wildman–Crippen MR) is 156 cm³/mol. The number of anilines is 1. The number of likely N-dealkylation sites (tertiary alicyclic amines) is 1. The van der Waals surface area contributed by atoms with Gasteiger partial charge in [-0.1, -0.05) is 5.92 Å². The molecule has 5 heterocycles. The monoisotopic (exact) mass is 615 g/mol. The van der Waals surface area contributed by atoms with Crippen molar-refractivity contribution in [2.24, 2.45) is 5.92 Å². The molecule has 43 heavy (non-hydrogen) atoms. The summed E-state index contributed by atoms with van der Waals surface area (Å²) in [5.74, 6) is 7.62. The maximum absolute atomic E-state index is 13.6. The predicted octanol–water partition coefficient (Wildman–Crippen LogP) is 3.07. The average molecular weight is 616 g/mol. The molecule has 3 aromatic heterocycles. The Balaban J connectivity index is 1.46. The minimum atomic E-state index is -4.55. The van der Waals surface area contributed by atoms with Gasteiger partial charge in [0.25, 0.3) is 5.91 Å². The van der Waals surface area contributed by atoms with Gasteiger partial charge < -0.3 is 25.0 Å². The highest BCUT2D eigenvalue weighted by Crippen LogP contribution is 2.39. The second-order valence-corrected chi connectivity index (χ2v) is 11.3. The molecule has 0 radical (unpaired) electrons. The van der Waals surface area contributed by atoms with E-state index < -0.39 is 11.4 Å². The molecule has 14 heteroatoms. The van der Waals surface area contributed by atoms with Gasteiger partial charge in [-0.25, -0.2) is 4.98 Å². The summed E-state index contributed by atoms with van der Waals surface area (Å²) in [5.41, 5.74) is -3.26. The first-order valence-electron chi connectivity index (χ1n) is 13.9. The van der Waals surface area contributed by atoms with Crippen molar-refractivity contribution < 1.29 is 27.4 Å². The summed E-state index contributed by atoms with van der Waals surface area (Å²) in [6.45, 7) is 3.74. The lowest BCUT2D eigenvalue weighted by atomic mass is 9.89. The van der Waals surface area contributed by atoms with E-state index in [0.717, 1.165) is 25.9 Å². The molecule has 228 valence electrons. The van der Waals surface area contributed by atoms with E-state index >= 15 is 0 Å². The van der Waals surface area contributed by atoms with Crippen molar-refractivity contribution in [1.82, 2.24) is 29.4 Å². The van der Waals surface area contributed by atoms with Gasteiger partial charge in [-0.2, -0.15) is 18.3 Å². The van der Waals surface area contributed by atoms with Gasteiger partial charge in [0.1, 0.15) is 16.4 Å². The molecular formula is C29H32F3N7O3S. The van der Waals surface area contributed by atoms with Crippen molar-refractivity contribution in [2.45, 2.75) is 36.0 Å². The molecule has 2 aliphatic heterocycles. The Kier molecular flexibility index (Phi) is 9.82. The van der Waals surface area contributed by atoms with Crippen molar-refractivity contribution in [2.75, 3.05) is 58.4 Å². The fraction of sp³-hybridized carbons (Fsp3) is 0.483. The van der Waals surface area contributed by atoms with Gasteiger partial charge in [-0.15, -0.1) is 6.42 Å². The normalized spacial score (nSPS) is 21.2. The van der Waals surface area contributed by atoms with Crippen molar-refractivity contribution >= 4 is 29.0 Å². The van der Waals surface area contributed by atoms with Gasteiger partial charge in [0.2, 0.25) is 0 Å². The van der Waals surface area contributed by atoms with Gasteiger partial charge in [-0.3, -0.25) is 13.9 Å². The molecule has 10 nitrogen and oxygen atoms in total. The standard InChI is InChI=1S/C29H32F3N7O3S/c1-3-22-21-19-38(36-22)13-15-42-17-16-41-14-9-20-18-37(2)12-8-23(20)34-24-7-5-11-39-26(24)35-25(6-4-10-33-27(21)40)28(39)43-29(30,31)32/h1,5,7,11,19-20,23,34H,8-10,12-18H2,2H3,(H,33,40)/t20-,23-/m0/s1. The van der Waals surface area contributed by atoms with Crippen LogP contribution in [-0.2, 0) is 16.0 Å². The molecule has 2 N–H and O–H groups in total. The zero-order valence-corrected chi connectivity index (χ0v) is 24.4. The van der Waals surface area contributed by atoms with Crippen molar-refractivity contribution in [3.63, 3.8) is 0 Å². The molecule has 2 atom stereocenters. The van der Waals surface area contributed by atoms with Gasteiger partial charge in [0, 0.05) is 43.3 Å². The molecule has 0 spiro atoms. The number of pyridine rings is 1. The third-order valence-electron chi connectivity index (χ3n) is 7.25. The average Bonchev–Trinajstić information content (AvgIpc) is 3.54. The number of hydrogen-bond donors (Lipinski definition) is 2. The lowest BCUT2D eigenvalue weighted by Crippen LogP contribution is -2.45. The Morgan fingerprint density at radius 3 is 2.79 bits per heavy atom. The van der Waals surface area contributed by atoms with E-state index in [1.54, 1.807) is 12.3 Å². The maximum Gasteiger partial charge on any atom is 0.447 e. The molecular weight excluding hydrogens is 583 g/mol. The maximum atomic E-state index is 13.6. The largest absolute Gasteiger partial charge is 0.447 e. The number of fused-ring (bicyclic) bond motifs is 4. The van der Waals surface area contributed by atoms with Crippen LogP contribution in [0.25, 0.3) is 5.65 Å². The molecule has 0 unspecified atom stereocenters. The van der Waals surface area contributed by atoms with Gasteiger partial charge in [0.15, 0.2) is 5.65 Å². The molecule has 4 bridgehead atoms. The number of terminal acetylenes is 1. The minimum absolute atomic E-state index is 0.0327. The van der Waals surface area contributed by atoms with E-state index in [1.807, 2.05) is 6.07 Å². The molecule has 1 saturated heterocycles. The van der Waals surface area contributed by atoms with E-state index in [1.165, 1.54) is 15.3 Å². The van der Waals surface area contributed by atoms with Crippen LogP contribution in [0.4, 0.5) is 18.9 Å². The van der Waals surface area contributed by atoms with Crippen LogP contribution in [0, 0.1) is 30.1 Å². The van der Waals surface area contributed by atoms with Crippen LogP contribution >= 0.6 is 11.8 Å². The van der Waals surface area contributed by atoms with E-state index in [0.29, 0.717) is 44.3 Å². The fourth-order valence-electron chi connectivity index (χ4n) is 5.21. The topological polar surface area (TPSA) is 98.0 Å². The van der Waals surface area contributed by atoms with Crippen LogP contribution in [-0.4, -0.2) is 94.6 Å². The Morgan fingerprint density at radius 1 is 1.19 bits per heavy atom. The Morgan fingerprint density at radius 2 is 2.00 bits per heavy atom. The number of nitrogens with one attached hydrogen (secondary N) is 2. The van der Waals surface area contributed by atoms with E-state index in [9.17, 15) is 18.0 Å². The Bertz CT molecular complexity index is 1550. The van der Waals surface area contributed by atoms with Crippen molar-refractivity contribution in [1.29, 1.82) is 0 Å². The molecule has 1 amide bonds. The highest BCUT2D eigenvalue weighted by Gasteiger charge is 2.34. The van der Waals surface area contributed by atoms with Crippen LogP contribution in [0.15, 0.2) is 29.6 Å². The summed E-state index contributed by atoms with van der Waals surface area (Å²) in [6.07, 6.45) is 10.3. The number of rotatable bonds is 1. The van der Waals surface area contributed by atoms with Crippen LogP contribution in [0.1, 0.15) is 34.6 Å². The van der Waals surface area contributed by atoms with Gasteiger partial charge in [0.05, 0.1) is 44.2 Å². The SMILES string of the molecule is C#Cc1nn2cc1C(=O)NCC#Cc1nc3c(cccn3c1SC(F)(F)F)N[C@H]1CCN(C)C[C@@H]1CCOCCOCC2. The zero-order chi connectivity index (χ0) is 30.4. The number of hydrogen-bond acceptors (Lipinski definition) is 8. The first kappa shape index (κ1) is 30.8. The van der Waals surface area contributed by atoms with Crippen LogP contribution in [0.2, 0.25) is 0 Å². The summed E-state index contributed by atoms with van der Waals surface area (Å²) in [4.78, 5) is 19.6. The third kappa shape index (κ3) is 7.83. The Hall–Kier alpha value is -3.69. The number of thioether (sulfide) groups is 1. The quantitative estimate of drug-likeness (QED) is 0.319. The van der Waals surface area contributed by atoms with Crippen LogP contribution in [0.3, 0.4) is 0 Å². The molecule has 2 aliphatic rings. The molecule has 0 saturated carbocycles. The number of carbonyl (C=O) groups is 1. The summed E-state index contributed by atoms with van der Waals surface area (Å²) < 4.78 is 55.3. The zero-order valence-electron chi connectivity index (χ0n) is 23.6. The van der Waals surface area contributed by atoms with Gasteiger partial charge in [-0.05, 0) is 56.3 Å². The second kappa shape index (κ2) is 13.7. The summed E-state index contributed by atoms with van der Waals surface area (Å²) in [7, 11) is 2.08. The number of carbonyl (C=O) groups excluding carboxylic acids is 1. The number of ether oxygens (including phenoxy) is 2. The Labute approximate surface area is 251 Å². The summed E-state index contributed by atoms with van der Waals surface area (Å²) >= 11 is -0.272. The number of alkyl halides is 3. The highest BCUT2D eigenvalue weighted by atomic mass is 32.2. The number of piperidine rings is 1. The number of aromatic nitrogens is 4. The van der Waals surface area contributed by atoms with E-state index in [-0.39, 0.29) is 52.2 Å². The van der Waals surface area contributed by atoms with E-state index in [2.05, 4.69) is 50.4 Å². The molecule has 0 aliphatic carbocycles. The second-order valence-electron chi connectivity index (χ2n) is 10.3. The lowest BCUT2D eigenvalue weighted by Gasteiger charge is -2.37. The number of nitrogens with zero attached hydrogens (tertiary/aromatic N) is 5. The highest BCUT2D eigenvalue weighted by molar-refractivity contribution is 8.00. The third-order valence-corrected chi connectivity index (χ3v) is 8.07. The molecule has 1 fully saturated rings. The molecule has 3 aromatic rings. The smallest absolute Gasteiger partial charge is 0.379 e. The van der Waals surface area contributed by atoms with Gasteiger partial charge >= 0.3 is 5.51 Å². The van der Waals surface area contributed by atoms with Crippen molar-refractivity contribution in [3.05, 3.63) is 41.5 Å². The number of halogens is 3. The number of amides is 1. The summed E-state index contributed by atoms with van der Waals surface area (Å²) in [5, 5.41) is 10.3. The minimum Gasteiger partial charge on any atom is -0.379 e. The van der Waals surface area contributed by atoms with E-state index in [4.69, 9.17) is 15.9 Å². The number of imidazole rings is 1. The lowest BCUT2D eigenvalue weighted by molar-refractivity contribution is -0.0330. The van der Waals surface area contributed by atoms with Crippen LogP contribution < -0.4 is 10.6 Å².